The van der Waals surface area contributed by atoms with Crippen molar-refractivity contribution in [3.63, 3.8) is 0 Å². The molecule has 3 aliphatic heterocycles. The molecule has 0 bridgehead atoms. The highest BCUT2D eigenvalue weighted by Crippen LogP contribution is 2.40. The Bertz CT molecular complexity index is 1330. The number of hydrogen-bond donors (Lipinski definition) is 4. The second kappa shape index (κ2) is 14.0. The number of anilines is 1. The van der Waals surface area contributed by atoms with Crippen LogP contribution in [0.25, 0.3) is 0 Å². The normalized spacial score (nSPS) is 25.7. The first kappa shape index (κ1) is 31.8. The van der Waals surface area contributed by atoms with Crippen LogP contribution in [-0.4, -0.2) is 87.0 Å². The Morgan fingerprint density at radius 3 is 2.65 bits per heavy atom. The SMILES string of the molecule is O=C(O)N[C@H](C(=O)Nc1cccc(F)c1CC[C@@H]1NCC(CCCS(=O)[O-])N2CC12)C1(c2ccc(Cl)cc2)CCOCC1. The smallest absolute Gasteiger partial charge is 0.405 e. The lowest BCUT2D eigenvalue weighted by Crippen LogP contribution is -2.58. The fourth-order valence-electron chi connectivity index (χ4n) is 6.76. The number of piperazine rings is 1. The van der Waals surface area contributed by atoms with E-state index in [1.807, 2.05) is 0 Å². The van der Waals surface area contributed by atoms with Crippen molar-refractivity contribution in [3.8, 4) is 0 Å². The number of rotatable bonds is 12. The Hall–Kier alpha value is -2.61. The van der Waals surface area contributed by atoms with Crippen molar-refractivity contribution in [2.75, 3.05) is 37.4 Å². The molecule has 234 valence electrons. The van der Waals surface area contributed by atoms with Gasteiger partial charge in [-0.2, -0.15) is 0 Å². The summed E-state index contributed by atoms with van der Waals surface area (Å²) in [6, 6.07) is 11.2. The molecule has 0 saturated carbocycles. The maximum absolute atomic E-state index is 15.2. The van der Waals surface area contributed by atoms with E-state index in [-0.39, 0.29) is 11.8 Å². The highest BCUT2D eigenvalue weighted by molar-refractivity contribution is 7.79. The summed E-state index contributed by atoms with van der Waals surface area (Å²) in [5.74, 6) is -0.847. The summed E-state index contributed by atoms with van der Waals surface area (Å²) >= 11 is 4.09. The third-order valence-corrected chi connectivity index (χ3v) is 9.93. The summed E-state index contributed by atoms with van der Waals surface area (Å²) in [4.78, 5) is 28.2. The van der Waals surface area contributed by atoms with Crippen LogP contribution in [0.4, 0.5) is 14.9 Å². The number of amides is 2. The largest absolute Gasteiger partial charge is 0.772 e. The molecule has 3 heterocycles. The van der Waals surface area contributed by atoms with Crippen LogP contribution in [0.1, 0.15) is 43.2 Å². The predicted octanol–water partition coefficient (Wildman–Crippen LogP) is 3.42. The van der Waals surface area contributed by atoms with E-state index in [0.29, 0.717) is 73.7 Å². The molecule has 6 atom stereocenters. The van der Waals surface area contributed by atoms with Gasteiger partial charge in [-0.15, -0.1) is 0 Å². The maximum atomic E-state index is 15.2. The van der Waals surface area contributed by atoms with Crippen molar-refractivity contribution in [2.24, 2.45) is 0 Å². The number of nitrogens with zero attached hydrogens (tertiary/aromatic N) is 1. The molecule has 43 heavy (non-hydrogen) atoms. The van der Waals surface area contributed by atoms with Gasteiger partial charge in [-0.1, -0.05) is 40.9 Å². The molecule has 10 nitrogen and oxygen atoms in total. The fraction of sp³-hybridized carbons (Fsp3) is 0.533. The monoisotopic (exact) mass is 635 g/mol. The lowest BCUT2D eigenvalue weighted by molar-refractivity contribution is -0.121. The van der Waals surface area contributed by atoms with Gasteiger partial charge in [-0.3, -0.25) is 13.9 Å². The highest BCUT2D eigenvalue weighted by Gasteiger charge is 2.48. The van der Waals surface area contributed by atoms with Crippen LogP contribution in [-0.2, 0) is 32.4 Å². The number of ether oxygens (including phenoxy) is 1. The van der Waals surface area contributed by atoms with Crippen LogP contribution >= 0.6 is 11.6 Å². The summed E-state index contributed by atoms with van der Waals surface area (Å²) < 4.78 is 42.5. The Kier molecular flexibility index (Phi) is 10.4. The highest BCUT2D eigenvalue weighted by atomic mass is 35.5. The van der Waals surface area contributed by atoms with E-state index >= 15 is 4.39 Å². The van der Waals surface area contributed by atoms with Crippen molar-refractivity contribution >= 4 is 40.4 Å². The second-order valence-electron chi connectivity index (χ2n) is 11.5. The van der Waals surface area contributed by atoms with Gasteiger partial charge in [0.2, 0.25) is 5.91 Å². The molecule has 3 saturated heterocycles. The van der Waals surface area contributed by atoms with Crippen molar-refractivity contribution in [2.45, 2.75) is 68.1 Å². The van der Waals surface area contributed by atoms with Crippen LogP contribution in [0.5, 0.6) is 0 Å². The Morgan fingerprint density at radius 2 is 1.95 bits per heavy atom. The number of halogens is 2. The minimum absolute atomic E-state index is 0.143. The van der Waals surface area contributed by atoms with E-state index in [9.17, 15) is 23.5 Å². The average molecular weight is 636 g/mol. The molecule has 3 fully saturated rings. The molecule has 2 amide bonds. The number of carbonyl (C=O) groups is 2. The van der Waals surface area contributed by atoms with Gasteiger partial charge in [0.25, 0.3) is 0 Å². The van der Waals surface area contributed by atoms with E-state index < -0.39 is 40.4 Å². The topological polar surface area (TPSA) is 143 Å². The Labute approximate surface area is 258 Å². The van der Waals surface area contributed by atoms with Crippen molar-refractivity contribution in [1.29, 1.82) is 0 Å². The zero-order valence-electron chi connectivity index (χ0n) is 23.7. The summed E-state index contributed by atoms with van der Waals surface area (Å²) in [6.07, 6.45) is 1.93. The molecular formula is C30H37ClFN4O6S-. The molecule has 0 radical (unpaired) electrons. The minimum Gasteiger partial charge on any atom is -0.772 e. The van der Waals surface area contributed by atoms with Crippen molar-refractivity contribution < 1.29 is 32.6 Å². The van der Waals surface area contributed by atoms with E-state index in [0.717, 1.165) is 25.1 Å². The maximum Gasteiger partial charge on any atom is 0.405 e. The second-order valence-corrected chi connectivity index (χ2v) is 13.0. The molecule has 0 spiro atoms. The van der Waals surface area contributed by atoms with E-state index in [2.05, 4.69) is 20.9 Å². The lowest BCUT2D eigenvalue weighted by Gasteiger charge is -2.43. The van der Waals surface area contributed by atoms with Gasteiger partial charge in [0.05, 0.1) is 0 Å². The van der Waals surface area contributed by atoms with Gasteiger partial charge in [-0.05, 0) is 68.4 Å². The summed E-state index contributed by atoms with van der Waals surface area (Å²) in [7, 11) is 0. The van der Waals surface area contributed by atoms with Crippen LogP contribution in [0.2, 0.25) is 5.02 Å². The first-order valence-corrected chi connectivity index (χ1v) is 16.3. The fourth-order valence-corrected chi connectivity index (χ4v) is 7.29. The van der Waals surface area contributed by atoms with E-state index in [4.69, 9.17) is 16.3 Å². The molecule has 3 aliphatic rings. The van der Waals surface area contributed by atoms with Crippen LogP contribution in [0, 0.1) is 5.82 Å². The summed E-state index contributed by atoms with van der Waals surface area (Å²) in [5.41, 5.74) is 0.559. The number of fused-ring (bicyclic) bond motifs is 1. The lowest BCUT2D eigenvalue weighted by atomic mass is 9.68. The van der Waals surface area contributed by atoms with Crippen molar-refractivity contribution in [3.05, 3.63) is 64.4 Å². The van der Waals surface area contributed by atoms with Crippen LogP contribution in [0.15, 0.2) is 42.5 Å². The molecule has 2 aromatic carbocycles. The molecule has 5 rings (SSSR count). The molecular weight excluding hydrogens is 599 g/mol. The standard InChI is InChI=1S/C30H38ClFN4O6S/c31-20-8-6-19(7-9-20)30(12-14-42-15-13-30)27(35-29(38)39)28(37)34-24-5-1-4-23(32)22(24)10-11-25-26-18-36(26)21(17-33-25)3-2-16-43(40)41/h1,4-9,21,25-27,33,35H,2-3,10-18H2,(H,34,37)(H,38,39)(H,40,41)/p-1/t21?,25-,26?,27+,36?/m0/s1. The average Bonchev–Trinajstić information content (AvgIpc) is 3.78. The number of benzene rings is 2. The summed E-state index contributed by atoms with van der Waals surface area (Å²) in [5, 5.41) is 19.1. The van der Waals surface area contributed by atoms with Gasteiger partial charge >= 0.3 is 6.09 Å². The summed E-state index contributed by atoms with van der Waals surface area (Å²) in [6.45, 7) is 2.37. The Balaban J connectivity index is 1.30. The number of nitrogens with one attached hydrogen (secondary N) is 3. The van der Waals surface area contributed by atoms with E-state index in [1.54, 1.807) is 30.3 Å². The molecule has 0 aromatic heterocycles. The molecule has 4 unspecified atom stereocenters. The zero-order chi connectivity index (χ0) is 30.6. The van der Waals surface area contributed by atoms with Crippen LogP contribution < -0.4 is 16.0 Å². The van der Waals surface area contributed by atoms with Gasteiger partial charge in [0, 0.05) is 71.9 Å². The number of hydrogen-bond acceptors (Lipinski definition) is 7. The number of carboxylic acid groups (broad SMARTS) is 1. The zero-order valence-corrected chi connectivity index (χ0v) is 25.3. The number of carbonyl (C=O) groups excluding carboxylic acids is 1. The quantitative estimate of drug-likeness (QED) is 0.205. The molecule has 13 heteroatoms. The van der Waals surface area contributed by atoms with Crippen LogP contribution in [0.3, 0.4) is 0 Å². The first-order valence-electron chi connectivity index (χ1n) is 14.6. The molecule has 2 aromatic rings. The van der Waals surface area contributed by atoms with E-state index in [1.165, 1.54) is 12.1 Å². The van der Waals surface area contributed by atoms with Crippen molar-refractivity contribution in [1.82, 2.24) is 15.5 Å². The first-order chi connectivity index (χ1) is 20.7. The Morgan fingerprint density at radius 1 is 1.21 bits per heavy atom. The molecule has 0 aliphatic carbocycles. The third-order valence-electron chi connectivity index (χ3n) is 9.06. The molecule has 4 N–H and O–H groups in total. The van der Waals surface area contributed by atoms with Gasteiger partial charge in [0.1, 0.15) is 11.9 Å². The van der Waals surface area contributed by atoms with Gasteiger partial charge < -0.3 is 30.3 Å². The predicted molar refractivity (Wildman–Crippen MR) is 161 cm³/mol. The minimum atomic E-state index is -2.03. The van der Waals surface area contributed by atoms with Gasteiger partial charge in [-0.25, -0.2) is 9.18 Å². The van der Waals surface area contributed by atoms with Gasteiger partial charge in [0.15, 0.2) is 0 Å². The third kappa shape index (κ3) is 7.55.